The van der Waals surface area contributed by atoms with Crippen LogP contribution in [-0.4, -0.2) is 19.5 Å². The zero-order valence-electron chi connectivity index (χ0n) is 30.4. The standard InChI is InChI=1S/C51H35N5/c1-5-18-36(19-6-1)37-32-34-41(35-33-37)55(40-24-11-4-12-25-40)45-29-15-13-26-42(45)43-28-17-31-47-48(43)44-27-14-16-30-46(44)56(47)51-53-49(38-20-7-2-8-21-38)52-50(54-51)39-22-9-3-10-23-39/h1-35H. The molecule has 10 aromatic rings. The SMILES string of the molecule is c1ccc(-c2ccc(N(c3ccccc3)c3ccccc3-c3cccc4c3c3ccccc3n4-c3nc(-c4ccccc4)nc(-c4ccccc4)n3)cc2)cc1. The Hall–Kier alpha value is -7.63. The van der Waals surface area contributed by atoms with Crippen LogP contribution in [0.4, 0.5) is 17.1 Å². The summed E-state index contributed by atoms with van der Waals surface area (Å²) in [5.41, 5.74) is 11.7. The highest BCUT2D eigenvalue weighted by Gasteiger charge is 2.23. The van der Waals surface area contributed by atoms with E-state index in [1.54, 1.807) is 0 Å². The lowest BCUT2D eigenvalue weighted by Gasteiger charge is -2.28. The third-order valence-corrected chi connectivity index (χ3v) is 10.3. The fourth-order valence-electron chi connectivity index (χ4n) is 7.69. The lowest BCUT2D eigenvalue weighted by Crippen LogP contribution is -2.11. The summed E-state index contributed by atoms with van der Waals surface area (Å²) in [7, 11) is 0. The molecular formula is C51H35N5. The van der Waals surface area contributed by atoms with Crippen molar-refractivity contribution in [2.75, 3.05) is 4.90 Å². The molecule has 0 amide bonds. The topological polar surface area (TPSA) is 46.8 Å². The van der Waals surface area contributed by atoms with Crippen molar-refractivity contribution in [2.45, 2.75) is 0 Å². The lowest BCUT2D eigenvalue weighted by atomic mass is 9.96. The Morgan fingerprint density at radius 3 is 1.48 bits per heavy atom. The van der Waals surface area contributed by atoms with Gasteiger partial charge in [-0.3, -0.25) is 4.57 Å². The van der Waals surface area contributed by atoms with Gasteiger partial charge in [0.15, 0.2) is 11.6 Å². The van der Waals surface area contributed by atoms with Crippen LogP contribution in [0.2, 0.25) is 0 Å². The van der Waals surface area contributed by atoms with Gasteiger partial charge in [0.2, 0.25) is 5.95 Å². The van der Waals surface area contributed by atoms with Gasteiger partial charge in [-0.1, -0.05) is 170 Å². The van der Waals surface area contributed by atoms with Crippen molar-refractivity contribution in [2.24, 2.45) is 0 Å². The van der Waals surface area contributed by atoms with E-state index in [1.807, 2.05) is 60.7 Å². The summed E-state index contributed by atoms with van der Waals surface area (Å²) in [6.45, 7) is 0. The number of anilines is 3. The molecule has 0 spiro atoms. The fourth-order valence-corrected chi connectivity index (χ4v) is 7.69. The van der Waals surface area contributed by atoms with Crippen molar-refractivity contribution in [1.82, 2.24) is 19.5 Å². The molecule has 0 radical (unpaired) electrons. The summed E-state index contributed by atoms with van der Waals surface area (Å²) >= 11 is 0. The fraction of sp³-hybridized carbons (Fsp3) is 0. The Morgan fingerprint density at radius 2 is 0.821 bits per heavy atom. The van der Waals surface area contributed by atoms with Gasteiger partial charge in [-0.15, -0.1) is 0 Å². The van der Waals surface area contributed by atoms with E-state index in [2.05, 4.69) is 161 Å². The number of aromatic nitrogens is 4. The molecule has 2 heterocycles. The highest BCUT2D eigenvalue weighted by atomic mass is 15.2. The summed E-state index contributed by atoms with van der Waals surface area (Å²) in [6, 6.07) is 74.0. The molecule has 2 aromatic heterocycles. The summed E-state index contributed by atoms with van der Waals surface area (Å²) in [5.74, 6) is 1.82. The highest BCUT2D eigenvalue weighted by molar-refractivity contribution is 6.16. The molecule has 0 saturated heterocycles. The maximum atomic E-state index is 5.16. The number of hydrogen-bond donors (Lipinski definition) is 0. The first-order valence-electron chi connectivity index (χ1n) is 18.8. The second-order valence-electron chi connectivity index (χ2n) is 13.7. The Bertz CT molecular complexity index is 2880. The number of para-hydroxylation sites is 3. The maximum Gasteiger partial charge on any atom is 0.238 e. The molecular weight excluding hydrogens is 683 g/mol. The molecule has 10 rings (SSSR count). The average Bonchev–Trinajstić information content (AvgIpc) is 3.63. The van der Waals surface area contributed by atoms with Crippen molar-refractivity contribution in [3.63, 3.8) is 0 Å². The third kappa shape index (κ3) is 5.98. The van der Waals surface area contributed by atoms with E-state index in [9.17, 15) is 0 Å². The molecule has 0 saturated carbocycles. The van der Waals surface area contributed by atoms with Gasteiger partial charge in [0, 0.05) is 38.8 Å². The molecule has 0 aliphatic heterocycles. The van der Waals surface area contributed by atoms with Crippen molar-refractivity contribution in [3.05, 3.63) is 212 Å². The third-order valence-electron chi connectivity index (χ3n) is 10.3. The van der Waals surface area contributed by atoms with Gasteiger partial charge in [-0.2, -0.15) is 9.97 Å². The molecule has 0 N–H and O–H groups in total. The van der Waals surface area contributed by atoms with Gasteiger partial charge < -0.3 is 4.90 Å². The number of fused-ring (bicyclic) bond motifs is 3. The van der Waals surface area contributed by atoms with Crippen LogP contribution in [-0.2, 0) is 0 Å². The molecule has 5 nitrogen and oxygen atoms in total. The molecule has 56 heavy (non-hydrogen) atoms. The van der Waals surface area contributed by atoms with E-state index in [0.29, 0.717) is 17.6 Å². The first kappa shape index (κ1) is 33.0. The number of nitrogens with zero attached hydrogens (tertiary/aromatic N) is 5. The molecule has 264 valence electrons. The number of rotatable bonds is 8. The van der Waals surface area contributed by atoms with Crippen molar-refractivity contribution in [3.8, 4) is 51.0 Å². The van der Waals surface area contributed by atoms with Gasteiger partial charge in [0.05, 0.1) is 16.7 Å². The normalized spacial score (nSPS) is 11.2. The van der Waals surface area contributed by atoms with Crippen LogP contribution in [0.25, 0.3) is 72.8 Å². The number of benzene rings is 8. The summed E-state index contributed by atoms with van der Waals surface area (Å²) in [6.07, 6.45) is 0. The Balaban J connectivity index is 1.19. The van der Waals surface area contributed by atoms with Gasteiger partial charge in [-0.05, 0) is 59.2 Å². The minimum absolute atomic E-state index is 0.568. The van der Waals surface area contributed by atoms with Crippen molar-refractivity contribution in [1.29, 1.82) is 0 Å². The lowest BCUT2D eigenvalue weighted by molar-refractivity contribution is 0.953. The summed E-state index contributed by atoms with van der Waals surface area (Å²) < 4.78 is 2.19. The van der Waals surface area contributed by atoms with E-state index >= 15 is 0 Å². The predicted octanol–water partition coefficient (Wildman–Crippen LogP) is 13.1. The van der Waals surface area contributed by atoms with Crippen LogP contribution in [0.15, 0.2) is 212 Å². The first-order chi connectivity index (χ1) is 27.8. The Labute approximate surface area is 325 Å². The van der Waals surface area contributed by atoms with E-state index in [1.165, 1.54) is 11.1 Å². The molecule has 0 aliphatic rings. The van der Waals surface area contributed by atoms with E-state index in [4.69, 9.17) is 15.0 Å². The second-order valence-corrected chi connectivity index (χ2v) is 13.7. The van der Waals surface area contributed by atoms with Crippen LogP contribution in [0.5, 0.6) is 0 Å². The van der Waals surface area contributed by atoms with Crippen LogP contribution >= 0.6 is 0 Å². The molecule has 0 aliphatic carbocycles. The smallest absolute Gasteiger partial charge is 0.238 e. The van der Waals surface area contributed by atoms with E-state index in [-0.39, 0.29) is 0 Å². The minimum Gasteiger partial charge on any atom is -0.310 e. The van der Waals surface area contributed by atoms with Gasteiger partial charge >= 0.3 is 0 Å². The van der Waals surface area contributed by atoms with Crippen LogP contribution < -0.4 is 4.90 Å². The van der Waals surface area contributed by atoms with Gasteiger partial charge in [0.25, 0.3) is 0 Å². The van der Waals surface area contributed by atoms with Crippen molar-refractivity contribution >= 4 is 38.9 Å². The first-order valence-corrected chi connectivity index (χ1v) is 18.8. The van der Waals surface area contributed by atoms with Crippen LogP contribution in [0.1, 0.15) is 0 Å². The van der Waals surface area contributed by atoms with Crippen LogP contribution in [0.3, 0.4) is 0 Å². The predicted molar refractivity (Wildman–Crippen MR) is 231 cm³/mol. The summed E-state index contributed by atoms with van der Waals surface area (Å²) in [5, 5.41) is 2.25. The average molecular weight is 718 g/mol. The minimum atomic E-state index is 0.568. The molecule has 0 unspecified atom stereocenters. The zero-order chi connectivity index (χ0) is 37.3. The maximum absolute atomic E-state index is 5.16. The van der Waals surface area contributed by atoms with Crippen LogP contribution in [0, 0.1) is 0 Å². The molecule has 5 heteroatoms. The van der Waals surface area contributed by atoms with E-state index in [0.717, 1.165) is 61.1 Å². The van der Waals surface area contributed by atoms with Crippen molar-refractivity contribution < 1.29 is 0 Å². The Kier molecular flexibility index (Phi) is 8.43. The molecule has 0 atom stereocenters. The van der Waals surface area contributed by atoms with E-state index < -0.39 is 0 Å². The monoisotopic (exact) mass is 717 g/mol. The van der Waals surface area contributed by atoms with Gasteiger partial charge in [0.1, 0.15) is 0 Å². The van der Waals surface area contributed by atoms with Gasteiger partial charge in [-0.25, -0.2) is 4.98 Å². The molecule has 0 bridgehead atoms. The zero-order valence-corrected chi connectivity index (χ0v) is 30.4. The highest BCUT2D eigenvalue weighted by Crippen LogP contribution is 2.45. The quantitative estimate of drug-likeness (QED) is 0.157. The second kappa shape index (κ2) is 14.3. The summed E-state index contributed by atoms with van der Waals surface area (Å²) in [4.78, 5) is 17.7. The Morgan fingerprint density at radius 1 is 0.339 bits per heavy atom. The number of hydrogen-bond acceptors (Lipinski definition) is 4. The molecule has 0 fully saturated rings. The molecule has 8 aromatic carbocycles. The largest absolute Gasteiger partial charge is 0.310 e.